The van der Waals surface area contributed by atoms with Crippen LogP contribution in [-0.2, 0) is 11.3 Å². The Balaban J connectivity index is 1.76. The largest absolute Gasteiger partial charge is 0.346 e. The second-order valence-corrected chi connectivity index (χ2v) is 8.99. The number of aromatic nitrogens is 2. The molecule has 0 aliphatic heterocycles. The first-order valence-corrected chi connectivity index (χ1v) is 12.3. The Hall–Kier alpha value is -3.42. The molecule has 2 amide bonds. The summed E-state index contributed by atoms with van der Waals surface area (Å²) in [5.74, 6) is -0.433. The summed E-state index contributed by atoms with van der Waals surface area (Å²) in [6, 6.07) is 15.7. The number of hydrogen-bond donors (Lipinski definition) is 1. The van der Waals surface area contributed by atoms with Gasteiger partial charge in [0.1, 0.15) is 10.8 Å². The minimum Gasteiger partial charge on any atom is -0.346 e. The van der Waals surface area contributed by atoms with Gasteiger partial charge < -0.3 is 10.2 Å². The molecule has 0 aliphatic rings. The Bertz CT molecular complexity index is 1330. The van der Waals surface area contributed by atoms with Crippen LogP contribution in [0.4, 0.5) is 0 Å². The zero-order chi connectivity index (χ0) is 24.1. The molecule has 0 radical (unpaired) electrons. The standard InChI is InChI=1S/C26H25ClN4O2S/c1-3-30(4-2)22(32)13-12-19-15-20(18-9-6-5-7-10-18)17-31-24(27)23(29-25(19)31)26(33)28-16-21-11-8-14-34-21/h5-15,17H,3-4,16H2,1-2H3,(H,28,33). The molecule has 0 fully saturated rings. The van der Waals surface area contributed by atoms with E-state index in [1.54, 1.807) is 26.7 Å². The highest BCUT2D eigenvalue weighted by atomic mass is 35.5. The van der Waals surface area contributed by atoms with E-state index in [2.05, 4.69) is 10.3 Å². The summed E-state index contributed by atoms with van der Waals surface area (Å²) in [5, 5.41) is 5.07. The molecule has 3 aromatic heterocycles. The number of imidazole rings is 1. The van der Waals surface area contributed by atoms with E-state index in [1.165, 1.54) is 6.08 Å². The summed E-state index contributed by atoms with van der Waals surface area (Å²) >= 11 is 8.21. The number of benzene rings is 1. The number of carbonyl (C=O) groups is 2. The molecule has 34 heavy (non-hydrogen) atoms. The fourth-order valence-electron chi connectivity index (χ4n) is 3.66. The number of fused-ring (bicyclic) bond motifs is 1. The van der Waals surface area contributed by atoms with Crippen molar-refractivity contribution in [2.75, 3.05) is 13.1 Å². The van der Waals surface area contributed by atoms with Crippen LogP contribution in [0.5, 0.6) is 0 Å². The first-order valence-electron chi connectivity index (χ1n) is 11.1. The minimum atomic E-state index is -0.350. The first-order chi connectivity index (χ1) is 16.5. The lowest BCUT2D eigenvalue weighted by atomic mass is 10.1. The number of carbonyl (C=O) groups excluding carboxylic acids is 2. The van der Waals surface area contributed by atoms with Crippen LogP contribution in [0.15, 0.2) is 66.2 Å². The van der Waals surface area contributed by atoms with Crippen LogP contribution in [0.25, 0.3) is 22.9 Å². The highest BCUT2D eigenvalue weighted by Crippen LogP contribution is 2.28. The molecule has 0 aliphatic carbocycles. The van der Waals surface area contributed by atoms with Crippen LogP contribution in [0.2, 0.25) is 5.15 Å². The minimum absolute atomic E-state index is 0.0835. The van der Waals surface area contributed by atoms with Crippen LogP contribution in [0, 0.1) is 0 Å². The Morgan fingerprint density at radius 2 is 1.88 bits per heavy atom. The van der Waals surface area contributed by atoms with E-state index in [9.17, 15) is 9.59 Å². The van der Waals surface area contributed by atoms with Crippen LogP contribution in [0.3, 0.4) is 0 Å². The number of halogens is 1. The summed E-state index contributed by atoms with van der Waals surface area (Å²) in [5.41, 5.74) is 3.24. The van der Waals surface area contributed by atoms with Crippen molar-refractivity contribution < 1.29 is 9.59 Å². The Morgan fingerprint density at radius 3 is 2.56 bits per heavy atom. The number of nitrogens with zero attached hydrogens (tertiary/aromatic N) is 3. The molecule has 6 nitrogen and oxygen atoms in total. The molecule has 0 bridgehead atoms. The van der Waals surface area contributed by atoms with Crippen LogP contribution < -0.4 is 5.32 Å². The van der Waals surface area contributed by atoms with Gasteiger partial charge in [0.15, 0.2) is 5.69 Å². The van der Waals surface area contributed by atoms with Crippen molar-refractivity contribution in [1.82, 2.24) is 19.6 Å². The van der Waals surface area contributed by atoms with Crippen LogP contribution in [0.1, 0.15) is 34.8 Å². The van der Waals surface area contributed by atoms with E-state index >= 15 is 0 Å². The van der Waals surface area contributed by atoms with E-state index in [0.717, 1.165) is 16.0 Å². The van der Waals surface area contributed by atoms with E-state index in [1.807, 2.05) is 74.0 Å². The smallest absolute Gasteiger partial charge is 0.273 e. The maximum atomic E-state index is 12.9. The molecule has 174 valence electrons. The van der Waals surface area contributed by atoms with Crippen LogP contribution >= 0.6 is 22.9 Å². The number of rotatable bonds is 8. The lowest BCUT2D eigenvalue weighted by molar-refractivity contribution is -0.125. The molecule has 0 unspecified atom stereocenters. The fourth-order valence-corrected chi connectivity index (χ4v) is 4.57. The number of amides is 2. The predicted molar refractivity (Wildman–Crippen MR) is 138 cm³/mol. The molecule has 0 atom stereocenters. The molecular weight excluding hydrogens is 468 g/mol. The van der Waals surface area contributed by atoms with Gasteiger partial charge in [-0.05, 0) is 48.6 Å². The molecule has 8 heteroatoms. The van der Waals surface area contributed by atoms with Crippen molar-refractivity contribution in [3.05, 3.63) is 87.5 Å². The fraction of sp³-hybridized carbons (Fsp3) is 0.192. The summed E-state index contributed by atoms with van der Waals surface area (Å²) in [7, 11) is 0. The number of hydrogen-bond acceptors (Lipinski definition) is 4. The zero-order valence-corrected chi connectivity index (χ0v) is 20.6. The summed E-state index contributed by atoms with van der Waals surface area (Å²) < 4.78 is 1.70. The monoisotopic (exact) mass is 492 g/mol. The van der Waals surface area contributed by atoms with Gasteiger partial charge in [-0.25, -0.2) is 4.98 Å². The average Bonchev–Trinajstić information content (AvgIpc) is 3.50. The van der Waals surface area contributed by atoms with Gasteiger partial charge in [0, 0.05) is 35.8 Å². The third kappa shape index (κ3) is 5.05. The van der Waals surface area contributed by atoms with Crippen molar-refractivity contribution >= 4 is 46.5 Å². The highest BCUT2D eigenvalue weighted by molar-refractivity contribution is 7.09. The predicted octanol–water partition coefficient (Wildman–Crippen LogP) is 5.53. The topological polar surface area (TPSA) is 66.7 Å². The Labute approximate surface area is 207 Å². The van der Waals surface area contributed by atoms with Gasteiger partial charge in [-0.15, -0.1) is 11.3 Å². The van der Waals surface area contributed by atoms with Gasteiger partial charge in [-0.1, -0.05) is 48.0 Å². The number of pyridine rings is 1. The SMILES string of the molecule is CCN(CC)C(=O)C=Cc1cc(-c2ccccc2)cn2c(Cl)c(C(=O)NCc3cccs3)nc12. The van der Waals surface area contributed by atoms with E-state index in [4.69, 9.17) is 11.6 Å². The van der Waals surface area contributed by atoms with Gasteiger partial charge in [-0.3, -0.25) is 14.0 Å². The van der Waals surface area contributed by atoms with Gasteiger partial charge in [0.05, 0.1) is 6.54 Å². The second-order valence-electron chi connectivity index (χ2n) is 7.60. The molecule has 1 N–H and O–H groups in total. The quantitative estimate of drug-likeness (QED) is 0.329. The maximum absolute atomic E-state index is 12.9. The Kier molecular flexibility index (Phi) is 7.45. The van der Waals surface area contributed by atoms with E-state index < -0.39 is 0 Å². The van der Waals surface area contributed by atoms with Crippen LogP contribution in [-0.4, -0.2) is 39.2 Å². The van der Waals surface area contributed by atoms with Gasteiger partial charge in [-0.2, -0.15) is 0 Å². The molecular formula is C26H25ClN4O2S. The lowest BCUT2D eigenvalue weighted by Crippen LogP contribution is -2.28. The van der Waals surface area contributed by atoms with Crippen molar-refractivity contribution in [3.63, 3.8) is 0 Å². The summed E-state index contributed by atoms with van der Waals surface area (Å²) in [4.78, 5) is 32.8. The molecule has 4 aromatic rings. The summed E-state index contributed by atoms with van der Waals surface area (Å²) in [6.45, 7) is 5.55. The van der Waals surface area contributed by atoms with Gasteiger partial charge >= 0.3 is 0 Å². The normalized spacial score (nSPS) is 11.3. The third-order valence-electron chi connectivity index (χ3n) is 5.50. The number of thiophene rings is 1. The van der Waals surface area contributed by atoms with Crippen molar-refractivity contribution in [3.8, 4) is 11.1 Å². The zero-order valence-electron chi connectivity index (χ0n) is 19.0. The second kappa shape index (κ2) is 10.7. The van der Waals surface area contributed by atoms with Gasteiger partial charge in [0.2, 0.25) is 5.91 Å². The summed E-state index contributed by atoms with van der Waals surface area (Å²) in [6.07, 6.45) is 5.13. The molecule has 0 spiro atoms. The van der Waals surface area contributed by atoms with E-state index in [-0.39, 0.29) is 22.7 Å². The molecule has 0 saturated carbocycles. The van der Waals surface area contributed by atoms with Gasteiger partial charge in [0.25, 0.3) is 5.91 Å². The Morgan fingerprint density at radius 1 is 1.12 bits per heavy atom. The van der Waals surface area contributed by atoms with E-state index in [0.29, 0.717) is 30.8 Å². The average molecular weight is 493 g/mol. The van der Waals surface area contributed by atoms with Crippen molar-refractivity contribution in [2.24, 2.45) is 0 Å². The van der Waals surface area contributed by atoms with Crippen molar-refractivity contribution in [1.29, 1.82) is 0 Å². The third-order valence-corrected chi connectivity index (χ3v) is 6.73. The highest BCUT2D eigenvalue weighted by Gasteiger charge is 2.20. The number of nitrogens with one attached hydrogen (secondary N) is 1. The molecule has 1 aromatic carbocycles. The van der Waals surface area contributed by atoms with Crippen molar-refractivity contribution in [2.45, 2.75) is 20.4 Å². The lowest BCUT2D eigenvalue weighted by Gasteiger charge is -2.15. The maximum Gasteiger partial charge on any atom is 0.273 e. The molecule has 3 heterocycles. The molecule has 4 rings (SSSR count). The first kappa shape index (κ1) is 23.7. The molecule has 0 saturated heterocycles. The number of likely N-dealkylation sites (N-methyl/N-ethyl adjacent to an activating group) is 1.